The van der Waals surface area contributed by atoms with Crippen molar-refractivity contribution in [1.82, 2.24) is 4.90 Å². The minimum absolute atomic E-state index is 0.0763. The van der Waals surface area contributed by atoms with Crippen molar-refractivity contribution in [2.24, 2.45) is 0 Å². The Kier molecular flexibility index (Phi) is 8.24. The smallest absolute Gasteiger partial charge is 0.414 e. The summed E-state index contributed by atoms with van der Waals surface area (Å²) in [6, 6.07) is 9.51. The Morgan fingerprint density at radius 1 is 0.938 bits per heavy atom. The molecule has 0 aliphatic carbocycles. The van der Waals surface area contributed by atoms with Gasteiger partial charge in [0.05, 0.1) is 18.8 Å². The fourth-order valence-corrected chi connectivity index (χ4v) is 5.17. The number of carbonyl (C=O) groups is 1. The van der Waals surface area contributed by atoms with E-state index in [1.165, 1.54) is 0 Å². The van der Waals surface area contributed by atoms with Crippen molar-refractivity contribution in [3.05, 3.63) is 48.2 Å². The predicted molar refractivity (Wildman–Crippen MR) is 137 cm³/mol. The van der Waals surface area contributed by atoms with Gasteiger partial charge in [0.15, 0.2) is 16.6 Å². The maximum absolute atomic E-state index is 13.0. The number of hydrogen-bond donors (Lipinski definition) is 0. The van der Waals surface area contributed by atoms with Crippen molar-refractivity contribution in [1.29, 1.82) is 0 Å². The lowest BCUT2D eigenvalue weighted by Gasteiger charge is -2.42. The Morgan fingerprint density at radius 3 is 2.03 bits per heavy atom. The molecule has 0 saturated heterocycles. The van der Waals surface area contributed by atoms with Gasteiger partial charge >= 0.3 is 6.09 Å². The molecule has 0 bridgehead atoms. The van der Waals surface area contributed by atoms with Crippen LogP contribution in [0.1, 0.15) is 47.1 Å². The van der Waals surface area contributed by atoms with E-state index >= 15 is 0 Å². The highest BCUT2D eigenvalue weighted by Gasteiger charge is 2.45. The largest absolute Gasteiger partial charge is 0.444 e. The molecule has 1 aliphatic heterocycles. The molecule has 2 rings (SSSR count). The summed E-state index contributed by atoms with van der Waals surface area (Å²) in [4.78, 5) is 14.7. The van der Waals surface area contributed by atoms with E-state index in [0.29, 0.717) is 6.61 Å². The highest BCUT2D eigenvalue weighted by atomic mass is 28.4. The van der Waals surface area contributed by atoms with Gasteiger partial charge in [-0.2, -0.15) is 0 Å². The summed E-state index contributed by atoms with van der Waals surface area (Å²) in [6.45, 7) is 23.0. The minimum Gasteiger partial charge on any atom is -0.444 e. The van der Waals surface area contributed by atoms with Crippen LogP contribution in [-0.2, 0) is 20.2 Å². The van der Waals surface area contributed by atoms with Gasteiger partial charge in [0.25, 0.3) is 0 Å². The third-order valence-electron chi connectivity index (χ3n) is 7.25. The van der Waals surface area contributed by atoms with Gasteiger partial charge in [-0.3, -0.25) is 4.90 Å². The van der Waals surface area contributed by atoms with Crippen LogP contribution in [0.3, 0.4) is 0 Å². The lowest BCUT2D eigenvalue weighted by Crippen LogP contribution is -2.52. The first-order valence-electron chi connectivity index (χ1n) is 11.5. The number of nitrogens with zero attached hydrogens (tertiary/aromatic N) is 1. The third kappa shape index (κ3) is 6.56. The molecule has 1 amide bonds. The molecule has 7 heteroatoms. The molecule has 180 valence electrons. The Hall–Kier alpha value is -1.42. The monoisotopic (exact) mass is 477 g/mol. The molecular weight excluding hydrogens is 434 g/mol. The van der Waals surface area contributed by atoms with E-state index in [0.717, 1.165) is 5.56 Å². The second-order valence-corrected chi connectivity index (χ2v) is 21.3. The van der Waals surface area contributed by atoms with Gasteiger partial charge in [0, 0.05) is 6.20 Å². The van der Waals surface area contributed by atoms with Crippen LogP contribution in [0, 0.1) is 0 Å². The number of ether oxygens (including phenoxy) is 1. The van der Waals surface area contributed by atoms with Crippen LogP contribution in [0.25, 0.3) is 0 Å². The zero-order chi connectivity index (χ0) is 24.4. The maximum Gasteiger partial charge on any atom is 0.414 e. The van der Waals surface area contributed by atoms with Gasteiger partial charge in [-0.05, 0) is 47.9 Å². The normalized spacial score (nSPS) is 20.0. The van der Waals surface area contributed by atoms with Crippen molar-refractivity contribution >= 4 is 22.7 Å². The summed E-state index contributed by atoms with van der Waals surface area (Å²) < 4.78 is 18.9. The molecule has 5 nitrogen and oxygen atoms in total. The van der Waals surface area contributed by atoms with E-state index in [1.807, 2.05) is 42.6 Å². The molecule has 0 spiro atoms. The van der Waals surface area contributed by atoms with E-state index < -0.39 is 16.6 Å². The average Bonchev–Trinajstić information content (AvgIpc) is 3.05. The van der Waals surface area contributed by atoms with Crippen LogP contribution in [0.5, 0.6) is 0 Å². The average molecular weight is 478 g/mol. The first kappa shape index (κ1) is 26.8. The Bertz CT molecular complexity index is 794. The van der Waals surface area contributed by atoms with Crippen molar-refractivity contribution in [3.63, 3.8) is 0 Å². The Labute approximate surface area is 197 Å². The zero-order valence-corrected chi connectivity index (χ0v) is 23.7. The number of hydrogen-bond acceptors (Lipinski definition) is 4. The molecule has 0 N–H and O–H groups in total. The van der Waals surface area contributed by atoms with Crippen LogP contribution in [0.4, 0.5) is 4.79 Å². The third-order valence-corrected chi connectivity index (χ3v) is 16.2. The van der Waals surface area contributed by atoms with Gasteiger partial charge in [-0.25, -0.2) is 4.79 Å². The van der Waals surface area contributed by atoms with Crippen LogP contribution in [0.2, 0.25) is 36.3 Å². The fourth-order valence-electron chi connectivity index (χ4n) is 2.88. The number of carbonyl (C=O) groups excluding carboxylic acids is 1. The van der Waals surface area contributed by atoms with E-state index in [4.69, 9.17) is 13.6 Å². The highest BCUT2D eigenvalue weighted by molar-refractivity contribution is 6.74. The second kappa shape index (κ2) is 9.83. The van der Waals surface area contributed by atoms with E-state index in [1.54, 1.807) is 4.90 Å². The molecule has 0 fully saturated rings. The number of benzene rings is 1. The second-order valence-electron chi connectivity index (χ2n) is 11.8. The van der Waals surface area contributed by atoms with E-state index in [2.05, 4.69) is 67.7 Å². The molecule has 0 unspecified atom stereocenters. The lowest BCUT2D eigenvalue weighted by molar-refractivity contribution is 0.0618. The van der Waals surface area contributed by atoms with Crippen molar-refractivity contribution in [3.8, 4) is 0 Å². The number of rotatable bonds is 7. The lowest BCUT2D eigenvalue weighted by atomic mass is 10.2. The Morgan fingerprint density at radius 2 is 1.50 bits per heavy atom. The molecule has 32 heavy (non-hydrogen) atoms. The number of amides is 1. The zero-order valence-electron chi connectivity index (χ0n) is 21.7. The summed E-state index contributed by atoms with van der Waals surface area (Å²) >= 11 is 0. The van der Waals surface area contributed by atoms with Crippen LogP contribution < -0.4 is 0 Å². The first-order chi connectivity index (χ1) is 14.6. The molecule has 0 radical (unpaired) electrons. The van der Waals surface area contributed by atoms with Crippen LogP contribution in [0.15, 0.2) is 42.6 Å². The van der Waals surface area contributed by atoms with Crippen molar-refractivity contribution in [2.75, 3.05) is 6.61 Å². The molecule has 1 heterocycles. The summed E-state index contributed by atoms with van der Waals surface area (Å²) in [7, 11) is -4.02. The predicted octanol–water partition coefficient (Wildman–Crippen LogP) is 6.93. The molecule has 0 saturated carbocycles. The summed E-state index contributed by atoms with van der Waals surface area (Å²) in [5.41, 5.74) is 0.965. The highest BCUT2D eigenvalue weighted by Crippen LogP contribution is 2.40. The molecule has 1 aromatic carbocycles. The molecular formula is C25H43NO4Si2. The standard InChI is InChI=1S/C25H43NO4Si2/c1-24(2,3)31(7,8)29-19-21-22(30-32(9,10)25(4,5)6)16-17-26(21)23(27)28-18-20-14-12-11-13-15-20/h11-17,21-22H,18-19H2,1-10H3/t21-,22+/m0/s1. The first-order valence-corrected chi connectivity index (χ1v) is 17.4. The van der Waals surface area contributed by atoms with Gasteiger partial charge in [-0.15, -0.1) is 0 Å². The maximum atomic E-state index is 13.0. The topological polar surface area (TPSA) is 48.0 Å². The van der Waals surface area contributed by atoms with E-state index in [9.17, 15) is 4.79 Å². The van der Waals surface area contributed by atoms with E-state index in [-0.39, 0.29) is 34.9 Å². The summed E-state index contributed by atoms with van der Waals surface area (Å²) in [5, 5.41) is 0.167. The summed E-state index contributed by atoms with van der Waals surface area (Å²) in [6.07, 6.45) is 3.23. The van der Waals surface area contributed by atoms with Crippen LogP contribution >= 0.6 is 0 Å². The molecule has 2 atom stereocenters. The van der Waals surface area contributed by atoms with Gasteiger partial charge in [0.2, 0.25) is 0 Å². The van der Waals surface area contributed by atoms with Gasteiger partial charge in [-0.1, -0.05) is 71.9 Å². The fraction of sp³-hybridized carbons (Fsp3) is 0.640. The minimum atomic E-state index is -2.03. The Balaban J connectivity index is 2.18. The van der Waals surface area contributed by atoms with Crippen LogP contribution in [-0.4, -0.2) is 46.4 Å². The molecule has 1 aliphatic rings. The van der Waals surface area contributed by atoms with Gasteiger partial charge in [0.1, 0.15) is 6.61 Å². The molecule has 0 aromatic heterocycles. The quantitative estimate of drug-likeness (QED) is 0.399. The van der Waals surface area contributed by atoms with Crippen molar-refractivity contribution in [2.45, 2.75) is 96.6 Å². The summed E-state index contributed by atoms with van der Waals surface area (Å²) in [5.74, 6) is 0. The van der Waals surface area contributed by atoms with Crippen molar-refractivity contribution < 1.29 is 18.4 Å². The molecule has 1 aromatic rings. The van der Waals surface area contributed by atoms with Gasteiger partial charge < -0.3 is 13.6 Å². The SMILES string of the molecule is CC(C)(C)[Si](C)(C)OC[C@H]1[C@H](O[Si](C)(C)C(C)(C)C)C=CN1C(=O)OCc1ccccc1.